The van der Waals surface area contributed by atoms with Gasteiger partial charge in [-0.2, -0.15) is 8.78 Å². The number of aryl methyl sites for hydroxylation is 1. The third kappa shape index (κ3) is 2.02. The molecule has 0 fully saturated rings. The van der Waals surface area contributed by atoms with E-state index in [4.69, 9.17) is 0 Å². The van der Waals surface area contributed by atoms with Gasteiger partial charge in [0.2, 0.25) is 11.6 Å². The first-order valence-electron chi connectivity index (χ1n) is 4.26. The van der Waals surface area contributed by atoms with E-state index in [0.29, 0.717) is 6.42 Å². The maximum Gasteiger partial charge on any atom is 0.252 e. The lowest BCUT2D eigenvalue weighted by Gasteiger charge is -2.03. The molecule has 5 heteroatoms. The van der Waals surface area contributed by atoms with Crippen LogP contribution >= 0.6 is 0 Å². The number of pyridine rings is 1. The molecule has 14 heavy (non-hydrogen) atoms. The Morgan fingerprint density at radius 2 is 1.64 bits per heavy atom. The van der Waals surface area contributed by atoms with Crippen LogP contribution in [-0.2, 0) is 6.42 Å². The molecule has 0 aromatic carbocycles. The first-order chi connectivity index (χ1) is 6.57. The maximum atomic E-state index is 12.9. The maximum absolute atomic E-state index is 12.9. The largest absolute Gasteiger partial charge is 0.252 e. The molecule has 0 radical (unpaired) electrons. The summed E-state index contributed by atoms with van der Waals surface area (Å²) in [5.74, 6) is -6.63. The van der Waals surface area contributed by atoms with Crippen molar-refractivity contribution < 1.29 is 17.6 Å². The number of unbranched alkanes of at least 4 members (excludes halogenated alkanes) is 1. The monoisotopic (exact) mass is 207 g/mol. The Kier molecular flexibility index (Phi) is 3.43. The topological polar surface area (TPSA) is 12.9 Å². The molecular formula is C9H9F4N. The second-order valence-corrected chi connectivity index (χ2v) is 2.89. The van der Waals surface area contributed by atoms with Crippen molar-refractivity contribution in [3.63, 3.8) is 0 Å². The van der Waals surface area contributed by atoms with Crippen LogP contribution in [0.2, 0.25) is 0 Å². The average molecular weight is 207 g/mol. The van der Waals surface area contributed by atoms with Gasteiger partial charge in [-0.05, 0) is 12.8 Å². The molecule has 0 bridgehead atoms. The number of hydrogen-bond donors (Lipinski definition) is 0. The Morgan fingerprint density at radius 1 is 1.00 bits per heavy atom. The van der Waals surface area contributed by atoms with Gasteiger partial charge in [-0.15, -0.1) is 0 Å². The van der Waals surface area contributed by atoms with E-state index in [2.05, 4.69) is 4.98 Å². The smallest absolute Gasteiger partial charge is 0.219 e. The molecule has 0 saturated heterocycles. The molecule has 0 spiro atoms. The molecule has 0 amide bonds. The van der Waals surface area contributed by atoms with Gasteiger partial charge in [-0.1, -0.05) is 13.3 Å². The summed E-state index contributed by atoms with van der Waals surface area (Å²) in [6.45, 7) is 1.84. The van der Waals surface area contributed by atoms with Crippen molar-refractivity contribution in [1.29, 1.82) is 0 Å². The van der Waals surface area contributed by atoms with E-state index in [1.54, 1.807) is 0 Å². The highest BCUT2D eigenvalue weighted by Gasteiger charge is 2.19. The number of aromatic nitrogens is 1. The molecule has 0 saturated carbocycles. The summed E-state index contributed by atoms with van der Waals surface area (Å²) < 4.78 is 50.6. The van der Waals surface area contributed by atoms with Crippen LogP contribution in [0.4, 0.5) is 17.6 Å². The Hall–Kier alpha value is -1.13. The predicted molar refractivity (Wildman–Crippen MR) is 42.7 cm³/mol. The van der Waals surface area contributed by atoms with Gasteiger partial charge in [0.15, 0.2) is 5.82 Å². The zero-order valence-electron chi connectivity index (χ0n) is 7.58. The molecule has 0 atom stereocenters. The minimum atomic E-state index is -1.86. The van der Waals surface area contributed by atoms with Crippen LogP contribution in [0.5, 0.6) is 0 Å². The lowest BCUT2D eigenvalue weighted by atomic mass is 10.2. The normalized spacial score (nSPS) is 10.6. The molecule has 0 aliphatic heterocycles. The van der Waals surface area contributed by atoms with Gasteiger partial charge < -0.3 is 0 Å². The first-order valence-corrected chi connectivity index (χ1v) is 4.26. The van der Waals surface area contributed by atoms with E-state index in [9.17, 15) is 17.6 Å². The molecular weight excluding hydrogens is 198 g/mol. The minimum absolute atomic E-state index is 0.108. The number of hydrogen-bond acceptors (Lipinski definition) is 1. The molecule has 0 aliphatic rings. The summed E-state index contributed by atoms with van der Waals surface area (Å²) in [6, 6.07) is 0. The molecule has 0 aliphatic carbocycles. The fourth-order valence-electron chi connectivity index (χ4n) is 1.04. The molecule has 0 unspecified atom stereocenters. The lowest BCUT2D eigenvalue weighted by molar-refractivity contribution is 0.382. The lowest BCUT2D eigenvalue weighted by Crippen LogP contribution is -2.06. The molecule has 1 aromatic rings. The molecule has 1 rings (SSSR count). The van der Waals surface area contributed by atoms with Crippen molar-refractivity contribution >= 4 is 0 Å². The van der Waals surface area contributed by atoms with E-state index in [0.717, 1.165) is 6.42 Å². The predicted octanol–water partition coefficient (Wildman–Crippen LogP) is 2.98. The minimum Gasteiger partial charge on any atom is -0.219 e. The highest BCUT2D eigenvalue weighted by Crippen LogP contribution is 2.16. The molecule has 1 nitrogen and oxygen atoms in total. The van der Waals surface area contributed by atoms with Gasteiger partial charge in [0.1, 0.15) is 0 Å². The molecule has 1 heterocycles. The Morgan fingerprint density at radius 3 is 2.21 bits per heavy atom. The van der Waals surface area contributed by atoms with Gasteiger partial charge in [0, 0.05) is 0 Å². The van der Waals surface area contributed by atoms with Crippen LogP contribution in [0.3, 0.4) is 0 Å². The average Bonchev–Trinajstić information content (AvgIpc) is 2.18. The zero-order valence-corrected chi connectivity index (χ0v) is 7.58. The number of halogens is 4. The van der Waals surface area contributed by atoms with E-state index in [1.807, 2.05) is 6.92 Å². The SMILES string of the molecule is CCCCc1nc(F)c(F)c(F)c1F. The van der Waals surface area contributed by atoms with E-state index in [-0.39, 0.29) is 12.1 Å². The van der Waals surface area contributed by atoms with Crippen molar-refractivity contribution in [3.8, 4) is 0 Å². The Balaban J connectivity index is 3.06. The van der Waals surface area contributed by atoms with Gasteiger partial charge in [0.25, 0.3) is 5.95 Å². The molecule has 1 aromatic heterocycles. The third-order valence-electron chi connectivity index (χ3n) is 1.82. The standard InChI is InChI=1S/C9H9F4N/c1-2-3-4-5-6(10)7(11)8(12)9(13)14-5/h2-4H2,1H3. The van der Waals surface area contributed by atoms with E-state index < -0.39 is 23.4 Å². The fourth-order valence-corrected chi connectivity index (χ4v) is 1.04. The van der Waals surface area contributed by atoms with E-state index in [1.165, 1.54) is 0 Å². The van der Waals surface area contributed by atoms with Crippen LogP contribution in [0.25, 0.3) is 0 Å². The summed E-state index contributed by atoms with van der Waals surface area (Å²) in [4.78, 5) is 3.01. The van der Waals surface area contributed by atoms with Crippen molar-refractivity contribution in [3.05, 3.63) is 29.1 Å². The van der Waals surface area contributed by atoms with Crippen LogP contribution in [0.1, 0.15) is 25.5 Å². The summed E-state index contributed by atoms with van der Waals surface area (Å²) in [5, 5.41) is 0. The fraction of sp³-hybridized carbons (Fsp3) is 0.444. The third-order valence-corrected chi connectivity index (χ3v) is 1.82. The van der Waals surface area contributed by atoms with Crippen LogP contribution in [0.15, 0.2) is 0 Å². The highest BCUT2D eigenvalue weighted by atomic mass is 19.2. The van der Waals surface area contributed by atoms with Crippen molar-refractivity contribution in [2.45, 2.75) is 26.2 Å². The summed E-state index contributed by atoms with van der Waals surface area (Å²) in [6.07, 6.45) is 1.40. The first kappa shape index (κ1) is 10.9. The Bertz CT molecular complexity index is 338. The second kappa shape index (κ2) is 4.39. The van der Waals surface area contributed by atoms with Gasteiger partial charge in [-0.3, -0.25) is 0 Å². The van der Waals surface area contributed by atoms with Crippen LogP contribution < -0.4 is 0 Å². The van der Waals surface area contributed by atoms with E-state index >= 15 is 0 Å². The van der Waals surface area contributed by atoms with Crippen molar-refractivity contribution in [2.75, 3.05) is 0 Å². The van der Waals surface area contributed by atoms with Crippen molar-refractivity contribution in [1.82, 2.24) is 4.98 Å². The van der Waals surface area contributed by atoms with Gasteiger partial charge in [0.05, 0.1) is 5.69 Å². The molecule has 0 N–H and O–H groups in total. The number of nitrogens with zero attached hydrogens (tertiary/aromatic N) is 1. The van der Waals surface area contributed by atoms with Gasteiger partial charge >= 0.3 is 0 Å². The van der Waals surface area contributed by atoms with Crippen LogP contribution in [-0.4, -0.2) is 4.98 Å². The highest BCUT2D eigenvalue weighted by molar-refractivity contribution is 5.12. The summed E-state index contributed by atoms with van der Waals surface area (Å²) >= 11 is 0. The van der Waals surface area contributed by atoms with Gasteiger partial charge in [-0.25, -0.2) is 13.8 Å². The second-order valence-electron chi connectivity index (χ2n) is 2.89. The summed E-state index contributed by atoms with van der Waals surface area (Å²) in [5.41, 5.74) is -0.358. The van der Waals surface area contributed by atoms with Crippen LogP contribution in [0, 0.1) is 23.4 Å². The summed E-state index contributed by atoms with van der Waals surface area (Å²) in [7, 11) is 0. The van der Waals surface area contributed by atoms with Crippen molar-refractivity contribution in [2.24, 2.45) is 0 Å². The Labute approximate surface area is 78.8 Å². The number of rotatable bonds is 3. The quantitative estimate of drug-likeness (QED) is 0.548. The molecule has 78 valence electrons. The zero-order chi connectivity index (χ0) is 10.7.